The van der Waals surface area contributed by atoms with Crippen molar-refractivity contribution in [2.24, 2.45) is 0 Å². The highest BCUT2D eigenvalue weighted by atomic mass is 35.5. The van der Waals surface area contributed by atoms with Crippen molar-refractivity contribution in [1.29, 1.82) is 0 Å². The monoisotopic (exact) mass is 400 g/mol. The van der Waals surface area contributed by atoms with E-state index in [1.54, 1.807) is 13.0 Å². The molecule has 0 aliphatic rings. The fraction of sp³-hybridized carbons (Fsp3) is 0.227. The molecule has 3 rings (SSSR count). The quantitative estimate of drug-likeness (QED) is 0.591. The first-order valence-electron chi connectivity index (χ1n) is 8.98. The standard InChI is InChI=1S/C22H22ClFN2O2/c1-14-20(12-25-11-16-5-3-7-18(23)9-16)21(22(27)28)15(2)26(14)13-17-6-4-8-19(24)10-17/h3-10,25H,11-13H2,1-2H3,(H,27,28). The largest absolute Gasteiger partial charge is 0.478 e. The number of carboxylic acids is 1. The molecule has 1 aromatic heterocycles. The van der Waals surface area contributed by atoms with Gasteiger partial charge in [0.15, 0.2) is 0 Å². The number of nitrogens with one attached hydrogen (secondary N) is 1. The highest BCUT2D eigenvalue weighted by Crippen LogP contribution is 2.24. The number of benzene rings is 2. The molecule has 2 N–H and O–H groups in total. The zero-order chi connectivity index (χ0) is 20.3. The molecule has 0 fully saturated rings. The van der Waals surface area contributed by atoms with E-state index >= 15 is 0 Å². The van der Waals surface area contributed by atoms with E-state index in [2.05, 4.69) is 5.32 Å². The van der Waals surface area contributed by atoms with Crippen LogP contribution in [0, 0.1) is 19.7 Å². The zero-order valence-electron chi connectivity index (χ0n) is 15.8. The molecule has 0 bridgehead atoms. The van der Waals surface area contributed by atoms with Crippen LogP contribution in [0.3, 0.4) is 0 Å². The van der Waals surface area contributed by atoms with Gasteiger partial charge < -0.3 is 15.0 Å². The summed E-state index contributed by atoms with van der Waals surface area (Å²) < 4.78 is 15.4. The maximum Gasteiger partial charge on any atom is 0.337 e. The zero-order valence-corrected chi connectivity index (χ0v) is 16.6. The number of halogens is 2. The summed E-state index contributed by atoms with van der Waals surface area (Å²) in [6.07, 6.45) is 0. The Morgan fingerprint density at radius 3 is 2.46 bits per heavy atom. The topological polar surface area (TPSA) is 54.3 Å². The number of aromatic nitrogens is 1. The van der Waals surface area contributed by atoms with Crippen molar-refractivity contribution in [2.75, 3.05) is 0 Å². The highest BCUT2D eigenvalue weighted by molar-refractivity contribution is 6.30. The van der Waals surface area contributed by atoms with Crippen LogP contribution in [0.15, 0.2) is 48.5 Å². The lowest BCUT2D eigenvalue weighted by molar-refractivity contribution is 0.0694. The first-order valence-corrected chi connectivity index (χ1v) is 9.36. The number of aromatic carboxylic acids is 1. The number of nitrogens with zero attached hydrogens (tertiary/aromatic N) is 1. The van der Waals surface area contributed by atoms with Gasteiger partial charge in [0.05, 0.1) is 5.56 Å². The fourth-order valence-corrected chi connectivity index (χ4v) is 3.70. The molecule has 0 saturated heterocycles. The molecule has 0 aliphatic heterocycles. The van der Waals surface area contributed by atoms with Gasteiger partial charge in [-0.05, 0) is 49.2 Å². The maximum atomic E-state index is 13.5. The molecule has 0 radical (unpaired) electrons. The number of carboxylic acid groups (broad SMARTS) is 1. The van der Waals surface area contributed by atoms with Gasteiger partial charge in [0.2, 0.25) is 0 Å². The van der Waals surface area contributed by atoms with E-state index in [4.69, 9.17) is 11.6 Å². The second-order valence-electron chi connectivity index (χ2n) is 6.78. The van der Waals surface area contributed by atoms with Crippen molar-refractivity contribution in [2.45, 2.75) is 33.5 Å². The van der Waals surface area contributed by atoms with Gasteiger partial charge in [0, 0.05) is 41.6 Å². The third kappa shape index (κ3) is 4.43. The van der Waals surface area contributed by atoms with Crippen LogP contribution in [0.5, 0.6) is 0 Å². The predicted octanol–water partition coefficient (Wildman–Crippen LogP) is 4.93. The summed E-state index contributed by atoms with van der Waals surface area (Å²) in [4.78, 5) is 11.9. The maximum absolute atomic E-state index is 13.5. The van der Waals surface area contributed by atoms with E-state index in [1.165, 1.54) is 12.1 Å². The Labute approximate surface area is 168 Å². The molecular weight excluding hydrogens is 379 g/mol. The normalized spacial score (nSPS) is 11.0. The molecule has 6 heteroatoms. The highest BCUT2D eigenvalue weighted by Gasteiger charge is 2.22. The number of carbonyl (C=O) groups is 1. The number of hydrogen-bond acceptors (Lipinski definition) is 2. The van der Waals surface area contributed by atoms with Gasteiger partial charge in [-0.25, -0.2) is 9.18 Å². The summed E-state index contributed by atoms with van der Waals surface area (Å²) in [6.45, 7) is 5.10. The molecule has 0 atom stereocenters. The minimum absolute atomic E-state index is 0.299. The van der Waals surface area contributed by atoms with E-state index in [0.717, 1.165) is 22.4 Å². The van der Waals surface area contributed by atoms with Crippen LogP contribution in [-0.4, -0.2) is 15.6 Å². The van der Waals surface area contributed by atoms with E-state index in [9.17, 15) is 14.3 Å². The molecule has 3 aromatic rings. The van der Waals surface area contributed by atoms with Gasteiger partial charge in [0.25, 0.3) is 0 Å². The molecule has 28 heavy (non-hydrogen) atoms. The molecule has 1 heterocycles. The smallest absolute Gasteiger partial charge is 0.337 e. The van der Waals surface area contributed by atoms with Crippen molar-refractivity contribution in [1.82, 2.24) is 9.88 Å². The van der Waals surface area contributed by atoms with Crippen LogP contribution in [-0.2, 0) is 19.6 Å². The molecule has 0 aliphatic carbocycles. The molecule has 0 saturated carbocycles. The molecule has 4 nitrogen and oxygen atoms in total. The predicted molar refractivity (Wildman–Crippen MR) is 108 cm³/mol. The van der Waals surface area contributed by atoms with Crippen LogP contribution in [0.4, 0.5) is 4.39 Å². The summed E-state index contributed by atoms with van der Waals surface area (Å²) in [5, 5.41) is 13.7. The summed E-state index contributed by atoms with van der Waals surface area (Å²) in [6, 6.07) is 13.9. The van der Waals surface area contributed by atoms with Crippen molar-refractivity contribution in [3.05, 3.63) is 93.0 Å². The minimum atomic E-state index is -0.960. The van der Waals surface area contributed by atoms with Gasteiger partial charge in [-0.3, -0.25) is 0 Å². The molecular formula is C22H22ClFN2O2. The van der Waals surface area contributed by atoms with Crippen LogP contribution >= 0.6 is 11.6 Å². The average molecular weight is 401 g/mol. The average Bonchev–Trinajstić information content (AvgIpc) is 2.86. The summed E-state index contributed by atoms with van der Waals surface area (Å²) >= 11 is 6.01. The van der Waals surface area contributed by atoms with E-state index in [0.29, 0.717) is 35.9 Å². The summed E-state index contributed by atoms with van der Waals surface area (Å²) in [5.74, 6) is -1.26. The van der Waals surface area contributed by atoms with Gasteiger partial charge in [-0.1, -0.05) is 35.9 Å². The Kier molecular flexibility index (Phi) is 6.17. The number of hydrogen-bond donors (Lipinski definition) is 2. The SMILES string of the molecule is Cc1c(CNCc2cccc(Cl)c2)c(C(=O)O)c(C)n1Cc1cccc(F)c1. The van der Waals surface area contributed by atoms with Gasteiger partial charge in [0.1, 0.15) is 5.82 Å². The Balaban J connectivity index is 1.84. The van der Waals surface area contributed by atoms with Crippen LogP contribution in [0.1, 0.15) is 38.4 Å². The molecule has 0 spiro atoms. The first kappa shape index (κ1) is 20.1. The van der Waals surface area contributed by atoms with E-state index < -0.39 is 5.97 Å². The lowest BCUT2D eigenvalue weighted by atomic mass is 10.1. The van der Waals surface area contributed by atoms with Crippen molar-refractivity contribution in [3.8, 4) is 0 Å². The van der Waals surface area contributed by atoms with Crippen molar-refractivity contribution in [3.63, 3.8) is 0 Å². The van der Waals surface area contributed by atoms with Crippen molar-refractivity contribution >= 4 is 17.6 Å². The summed E-state index contributed by atoms with van der Waals surface area (Å²) in [7, 11) is 0. The Bertz CT molecular complexity index is 1010. The van der Waals surface area contributed by atoms with E-state index in [-0.39, 0.29) is 5.82 Å². The molecule has 0 unspecified atom stereocenters. The second-order valence-corrected chi connectivity index (χ2v) is 7.22. The lowest BCUT2D eigenvalue weighted by Crippen LogP contribution is -2.15. The molecule has 146 valence electrons. The van der Waals surface area contributed by atoms with Gasteiger partial charge >= 0.3 is 5.97 Å². The molecule has 0 amide bonds. The second kappa shape index (κ2) is 8.59. The van der Waals surface area contributed by atoms with Gasteiger partial charge in [-0.15, -0.1) is 0 Å². The Hall–Kier alpha value is -2.63. The fourth-order valence-electron chi connectivity index (χ4n) is 3.48. The van der Waals surface area contributed by atoms with Gasteiger partial charge in [-0.2, -0.15) is 0 Å². The Morgan fingerprint density at radius 1 is 1.07 bits per heavy atom. The minimum Gasteiger partial charge on any atom is -0.478 e. The van der Waals surface area contributed by atoms with Crippen molar-refractivity contribution < 1.29 is 14.3 Å². The third-order valence-electron chi connectivity index (χ3n) is 4.87. The van der Waals surface area contributed by atoms with Crippen LogP contribution in [0.25, 0.3) is 0 Å². The number of rotatable bonds is 7. The molecule has 2 aromatic carbocycles. The summed E-state index contributed by atoms with van der Waals surface area (Å²) in [5.41, 5.74) is 4.37. The lowest BCUT2D eigenvalue weighted by Gasteiger charge is -2.10. The first-order chi connectivity index (χ1) is 13.4. The third-order valence-corrected chi connectivity index (χ3v) is 5.11. The van der Waals surface area contributed by atoms with E-state index in [1.807, 2.05) is 41.8 Å². The van der Waals surface area contributed by atoms with Crippen LogP contribution < -0.4 is 5.32 Å². The van der Waals surface area contributed by atoms with Crippen LogP contribution in [0.2, 0.25) is 5.02 Å². The Morgan fingerprint density at radius 2 is 1.79 bits per heavy atom.